The van der Waals surface area contributed by atoms with Crippen LogP contribution in [0, 0.1) is 0 Å². The first-order chi connectivity index (χ1) is 9.59. The standard InChI is InChI=1S/C10H12O.C8H11S/c1-9(11)7-8-10-5-3-2-4-6-10;1-9(2)8-6-4-3-5-7-8/h2-6H,7-8H2,1H3;3-7H,1-2H3/q;+1. The van der Waals surface area contributed by atoms with E-state index in [2.05, 4.69) is 42.8 Å². The fourth-order valence-corrected chi connectivity index (χ4v) is 2.36. The molecule has 0 amide bonds. The third-order valence-corrected chi connectivity index (χ3v) is 4.04. The van der Waals surface area contributed by atoms with Gasteiger partial charge in [-0.15, -0.1) is 0 Å². The molecule has 2 aromatic carbocycles. The number of Topliss-reactive ketones (excluding diaryl/α,β-unsaturated/α-hetero) is 1. The Morgan fingerprint density at radius 3 is 1.80 bits per heavy atom. The van der Waals surface area contributed by atoms with Crippen LogP contribution < -0.4 is 0 Å². The Morgan fingerprint density at radius 2 is 1.40 bits per heavy atom. The van der Waals surface area contributed by atoms with Gasteiger partial charge < -0.3 is 4.79 Å². The zero-order valence-electron chi connectivity index (χ0n) is 12.5. The van der Waals surface area contributed by atoms with Crippen LogP contribution in [-0.4, -0.2) is 18.3 Å². The third kappa shape index (κ3) is 7.15. The van der Waals surface area contributed by atoms with E-state index >= 15 is 0 Å². The molecule has 0 aliphatic carbocycles. The fraction of sp³-hybridized carbons (Fsp3) is 0.278. The number of carbonyl (C=O) groups is 1. The van der Waals surface area contributed by atoms with Gasteiger partial charge in [0.05, 0.1) is 0 Å². The van der Waals surface area contributed by atoms with Crippen molar-refractivity contribution in [3.05, 3.63) is 66.2 Å². The summed E-state index contributed by atoms with van der Waals surface area (Å²) in [6.45, 7) is 1.63. The number of aryl methyl sites for hydroxylation is 1. The molecule has 2 heteroatoms. The largest absolute Gasteiger partial charge is 0.300 e. The molecule has 0 fully saturated rings. The van der Waals surface area contributed by atoms with Crippen LogP contribution >= 0.6 is 0 Å². The van der Waals surface area contributed by atoms with Crippen molar-refractivity contribution < 1.29 is 4.79 Å². The second-order valence-corrected chi connectivity index (χ2v) is 6.92. The Hall–Kier alpha value is -1.54. The summed E-state index contributed by atoms with van der Waals surface area (Å²) in [5.74, 6) is 0.258. The molecule has 0 bridgehead atoms. The summed E-state index contributed by atoms with van der Waals surface area (Å²) < 4.78 is 0. The van der Waals surface area contributed by atoms with Gasteiger partial charge in [0.2, 0.25) is 0 Å². The highest BCUT2D eigenvalue weighted by molar-refractivity contribution is 7.95. The van der Waals surface area contributed by atoms with E-state index in [1.165, 1.54) is 10.5 Å². The van der Waals surface area contributed by atoms with Gasteiger partial charge in [0, 0.05) is 17.3 Å². The summed E-state index contributed by atoms with van der Waals surface area (Å²) in [5, 5.41) is 0. The van der Waals surface area contributed by atoms with E-state index in [4.69, 9.17) is 0 Å². The minimum Gasteiger partial charge on any atom is -0.300 e. The average Bonchev–Trinajstić information content (AvgIpc) is 2.48. The van der Waals surface area contributed by atoms with Gasteiger partial charge in [-0.05, 0) is 31.0 Å². The van der Waals surface area contributed by atoms with Gasteiger partial charge in [-0.25, -0.2) is 0 Å². The predicted molar refractivity (Wildman–Crippen MR) is 89.4 cm³/mol. The van der Waals surface area contributed by atoms with E-state index in [-0.39, 0.29) is 5.78 Å². The molecular weight excluding hydrogens is 264 g/mol. The van der Waals surface area contributed by atoms with E-state index < -0.39 is 0 Å². The maximum Gasteiger partial charge on any atom is 0.154 e. The quantitative estimate of drug-likeness (QED) is 0.773. The second-order valence-electron chi connectivity index (χ2n) is 4.82. The van der Waals surface area contributed by atoms with Crippen LogP contribution in [0.1, 0.15) is 18.9 Å². The lowest BCUT2D eigenvalue weighted by molar-refractivity contribution is -0.116. The van der Waals surface area contributed by atoms with Crippen LogP contribution in [0.4, 0.5) is 0 Å². The van der Waals surface area contributed by atoms with Crippen LogP contribution in [0.15, 0.2) is 65.6 Å². The Bertz CT molecular complexity index is 491. The summed E-state index contributed by atoms with van der Waals surface area (Å²) in [5.41, 5.74) is 1.24. The maximum absolute atomic E-state index is 10.6. The molecule has 0 N–H and O–H groups in total. The summed E-state index contributed by atoms with van der Waals surface area (Å²) in [7, 11) is 0.421. The molecule has 20 heavy (non-hydrogen) atoms. The highest BCUT2D eigenvalue weighted by atomic mass is 32.2. The molecule has 0 radical (unpaired) electrons. The summed E-state index contributed by atoms with van der Waals surface area (Å²) in [6, 6.07) is 20.6. The lowest BCUT2D eigenvalue weighted by Gasteiger charge is -1.96. The van der Waals surface area contributed by atoms with Crippen LogP contribution in [0.5, 0.6) is 0 Å². The number of ketones is 1. The average molecular weight is 287 g/mol. The van der Waals surface area contributed by atoms with Gasteiger partial charge in [-0.3, -0.25) is 0 Å². The summed E-state index contributed by atoms with van der Waals surface area (Å²) in [4.78, 5) is 12.1. The monoisotopic (exact) mass is 287 g/mol. The maximum atomic E-state index is 10.6. The molecule has 0 aromatic heterocycles. The van der Waals surface area contributed by atoms with Crippen molar-refractivity contribution in [3.63, 3.8) is 0 Å². The summed E-state index contributed by atoms with van der Waals surface area (Å²) >= 11 is 0. The highest BCUT2D eigenvalue weighted by Crippen LogP contribution is 2.06. The predicted octanol–water partition coefficient (Wildman–Crippen LogP) is 4.13. The van der Waals surface area contributed by atoms with Gasteiger partial charge in [-0.1, -0.05) is 48.5 Å². The van der Waals surface area contributed by atoms with Crippen LogP contribution in [0.25, 0.3) is 0 Å². The minimum absolute atomic E-state index is 0.258. The fourth-order valence-electron chi connectivity index (χ4n) is 1.66. The Balaban J connectivity index is 0.000000204. The second kappa shape index (κ2) is 9.38. The topological polar surface area (TPSA) is 17.1 Å². The normalized spacial score (nSPS) is 9.80. The van der Waals surface area contributed by atoms with Gasteiger partial charge >= 0.3 is 0 Å². The molecule has 0 saturated heterocycles. The SMILES string of the molecule is CC(=O)CCc1ccccc1.C[S+](C)c1ccccc1. The molecule has 0 atom stereocenters. The van der Waals surface area contributed by atoms with Crippen molar-refractivity contribution in [1.82, 2.24) is 0 Å². The van der Waals surface area contributed by atoms with Crippen LogP contribution in [0.2, 0.25) is 0 Å². The molecule has 0 aliphatic heterocycles. The Kier molecular flexibility index (Phi) is 7.74. The van der Waals surface area contributed by atoms with E-state index in [1.54, 1.807) is 6.92 Å². The molecule has 0 heterocycles. The lowest BCUT2D eigenvalue weighted by atomic mass is 10.1. The number of hydrogen-bond donors (Lipinski definition) is 0. The molecule has 106 valence electrons. The van der Waals surface area contributed by atoms with Gasteiger partial charge in [0.15, 0.2) is 4.90 Å². The Labute approximate surface area is 125 Å². The number of rotatable bonds is 4. The first kappa shape index (κ1) is 16.5. The zero-order valence-corrected chi connectivity index (χ0v) is 13.3. The molecule has 0 saturated carbocycles. The molecule has 1 nitrogen and oxygen atoms in total. The van der Waals surface area contributed by atoms with Crippen molar-refractivity contribution >= 4 is 16.7 Å². The first-order valence-electron chi connectivity index (χ1n) is 6.75. The molecule has 2 aromatic rings. The van der Waals surface area contributed by atoms with Crippen molar-refractivity contribution in [2.24, 2.45) is 0 Å². The van der Waals surface area contributed by atoms with Gasteiger partial charge in [0.25, 0.3) is 0 Å². The third-order valence-electron chi connectivity index (χ3n) is 2.82. The molecule has 0 spiro atoms. The molecule has 0 aliphatic rings. The van der Waals surface area contributed by atoms with E-state index in [9.17, 15) is 4.79 Å². The van der Waals surface area contributed by atoms with Crippen molar-refractivity contribution in [3.8, 4) is 0 Å². The van der Waals surface area contributed by atoms with Crippen LogP contribution in [0.3, 0.4) is 0 Å². The summed E-state index contributed by atoms with van der Waals surface area (Å²) in [6.07, 6.45) is 5.99. The smallest absolute Gasteiger partial charge is 0.154 e. The first-order valence-corrected chi connectivity index (χ1v) is 8.79. The van der Waals surface area contributed by atoms with Crippen molar-refractivity contribution in [1.29, 1.82) is 0 Å². The van der Waals surface area contributed by atoms with E-state index in [0.29, 0.717) is 17.3 Å². The molecule has 2 rings (SSSR count). The van der Waals surface area contributed by atoms with Crippen molar-refractivity contribution in [2.75, 3.05) is 12.5 Å². The van der Waals surface area contributed by atoms with E-state index in [0.717, 1.165) is 6.42 Å². The highest BCUT2D eigenvalue weighted by Gasteiger charge is 2.03. The van der Waals surface area contributed by atoms with Gasteiger partial charge in [0.1, 0.15) is 18.3 Å². The van der Waals surface area contributed by atoms with Crippen molar-refractivity contribution in [2.45, 2.75) is 24.7 Å². The minimum atomic E-state index is 0.258. The number of benzene rings is 2. The van der Waals surface area contributed by atoms with Crippen LogP contribution in [-0.2, 0) is 22.1 Å². The molecular formula is C18H23OS+. The Morgan fingerprint density at radius 1 is 0.900 bits per heavy atom. The molecule has 0 unspecified atom stereocenters. The lowest BCUT2D eigenvalue weighted by Crippen LogP contribution is -1.93. The number of hydrogen-bond acceptors (Lipinski definition) is 1. The van der Waals surface area contributed by atoms with Gasteiger partial charge in [-0.2, -0.15) is 0 Å². The van der Waals surface area contributed by atoms with E-state index in [1.807, 2.05) is 30.3 Å². The zero-order chi connectivity index (χ0) is 14.8. The number of carbonyl (C=O) groups excluding carboxylic acids is 1.